The quantitative estimate of drug-likeness (QED) is 0.754. The van der Waals surface area contributed by atoms with E-state index in [0.717, 1.165) is 18.3 Å². The molecule has 2 aliphatic carbocycles. The average Bonchev–Trinajstić information content (AvgIpc) is 3.23. The number of nitrogens with zero attached hydrogens (tertiary/aromatic N) is 6. The Balaban J connectivity index is 1.42. The Hall–Kier alpha value is -1.01. The Morgan fingerprint density at radius 3 is 2.11 bits per heavy atom. The first-order valence-corrected chi connectivity index (χ1v) is 11.6. The molecule has 3 fully saturated rings. The zero-order chi connectivity index (χ0) is 18.5. The lowest BCUT2D eigenvalue weighted by atomic mass is 9.93. The van der Waals surface area contributed by atoms with E-state index in [2.05, 4.69) is 36.9 Å². The number of aromatic nitrogens is 4. The molecule has 0 amide bonds. The molecule has 3 aliphatic rings. The van der Waals surface area contributed by atoms with E-state index in [1.807, 2.05) is 0 Å². The normalized spacial score (nSPS) is 25.7. The highest BCUT2D eigenvalue weighted by molar-refractivity contribution is 4.97. The van der Waals surface area contributed by atoms with Crippen LogP contribution in [0, 0.1) is 0 Å². The van der Waals surface area contributed by atoms with Gasteiger partial charge >= 0.3 is 0 Å². The van der Waals surface area contributed by atoms with E-state index < -0.39 is 0 Å². The van der Waals surface area contributed by atoms with E-state index >= 15 is 0 Å². The maximum atomic E-state index is 4.54. The van der Waals surface area contributed by atoms with Crippen LogP contribution in [0.1, 0.15) is 102 Å². The molecule has 6 heteroatoms. The number of piperazine rings is 1. The molecule has 152 valence electrons. The van der Waals surface area contributed by atoms with Crippen LogP contribution in [-0.2, 0) is 0 Å². The third-order valence-electron chi connectivity index (χ3n) is 7.18. The molecule has 2 heterocycles. The second-order valence-corrected chi connectivity index (χ2v) is 8.94. The van der Waals surface area contributed by atoms with Gasteiger partial charge < -0.3 is 0 Å². The fourth-order valence-electron chi connectivity index (χ4n) is 5.61. The predicted octanol–water partition coefficient (Wildman–Crippen LogP) is 3.97. The van der Waals surface area contributed by atoms with Crippen LogP contribution in [-0.4, -0.2) is 62.2 Å². The van der Waals surface area contributed by atoms with Gasteiger partial charge in [0.15, 0.2) is 5.82 Å². The molecule has 1 atom stereocenters. The minimum Gasteiger partial charge on any atom is -0.298 e. The van der Waals surface area contributed by atoms with Crippen LogP contribution in [0.15, 0.2) is 0 Å². The fraction of sp³-hybridized carbons (Fsp3) is 0.952. The monoisotopic (exact) mass is 374 g/mol. The van der Waals surface area contributed by atoms with Crippen molar-refractivity contribution in [2.45, 2.75) is 102 Å². The fourth-order valence-corrected chi connectivity index (χ4v) is 5.61. The lowest BCUT2D eigenvalue weighted by Gasteiger charge is -2.43. The van der Waals surface area contributed by atoms with Gasteiger partial charge in [-0.2, -0.15) is 0 Å². The van der Waals surface area contributed by atoms with Crippen molar-refractivity contribution in [2.24, 2.45) is 0 Å². The molecule has 0 N–H and O–H groups in total. The summed E-state index contributed by atoms with van der Waals surface area (Å²) in [6.07, 6.45) is 16.0. The van der Waals surface area contributed by atoms with Gasteiger partial charge in [0.25, 0.3) is 0 Å². The van der Waals surface area contributed by atoms with Crippen molar-refractivity contribution in [2.75, 3.05) is 26.2 Å². The average molecular weight is 375 g/mol. The molecule has 2 saturated carbocycles. The van der Waals surface area contributed by atoms with Gasteiger partial charge in [-0.3, -0.25) is 9.80 Å². The molecule has 0 spiro atoms. The highest BCUT2D eigenvalue weighted by Crippen LogP contribution is 2.33. The molecule has 0 unspecified atom stereocenters. The molecule has 6 nitrogen and oxygen atoms in total. The van der Waals surface area contributed by atoms with Crippen LogP contribution in [0.2, 0.25) is 0 Å². The molecule has 4 rings (SSSR count). The standard InChI is InChI=1S/C21H38N6/c1-2-9-20(21-22-23-24-27(21)19-12-7-4-8-13-19)26-16-14-25(15-17-26)18-10-5-3-6-11-18/h18-20H,2-17H2,1H3/t20-/m0/s1. The maximum Gasteiger partial charge on any atom is 0.168 e. The summed E-state index contributed by atoms with van der Waals surface area (Å²) < 4.78 is 2.20. The molecular weight excluding hydrogens is 336 g/mol. The van der Waals surface area contributed by atoms with Crippen LogP contribution in [0.3, 0.4) is 0 Å². The molecule has 1 saturated heterocycles. The number of hydrogen-bond donors (Lipinski definition) is 0. The van der Waals surface area contributed by atoms with Crippen molar-refractivity contribution in [1.29, 1.82) is 0 Å². The Morgan fingerprint density at radius 1 is 0.852 bits per heavy atom. The zero-order valence-electron chi connectivity index (χ0n) is 17.2. The molecule has 1 aromatic rings. The summed E-state index contributed by atoms with van der Waals surface area (Å²) in [6, 6.07) is 1.75. The number of rotatable bonds is 6. The van der Waals surface area contributed by atoms with Crippen molar-refractivity contribution < 1.29 is 0 Å². The third-order valence-corrected chi connectivity index (χ3v) is 7.18. The first-order valence-electron chi connectivity index (χ1n) is 11.6. The van der Waals surface area contributed by atoms with Gasteiger partial charge in [-0.15, -0.1) is 5.10 Å². The summed E-state index contributed by atoms with van der Waals surface area (Å²) >= 11 is 0. The van der Waals surface area contributed by atoms with E-state index in [4.69, 9.17) is 0 Å². The van der Waals surface area contributed by atoms with E-state index in [-0.39, 0.29) is 0 Å². The van der Waals surface area contributed by atoms with Crippen molar-refractivity contribution in [3.05, 3.63) is 5.82 Å². The van der Waals surface area contributed by atoms with E-state index in [1.165, 1.54) is 96.8 Å². The maximum absolute atomic E-state index is 4.54. The molecular formula is C21H38N6. The second-order valence-electron chi connectivity index (χ2n) is 8.94. The minimum absolute atomic E-state index is 0.389. The van der Waals surface area contributed by atoms with E-state index in [9.17, 15) is 0 Å². The first kappa shape index (κ1) is 19.3. The smallest absolute Gasteiger partial charge is 0.168 e. The lowest BCUT2D eigenvalue weighted by molar-refractivity contribution is 0.0491. The van der Waals surface area contributed by atoms with Gasteiger partial charge in [0.05, 0.1) is 12.1 Å². The highest BCUT2D eigenvalue weighted by atomic mass is 15.6. The third kappa shape index (κ3) is 4.53. The molecule has 1 aromatic heterocycles. The van der Waals surface area contributed by atoms with Crippen molar-refractivity contribution >= 4 is 0 Å². The lowest BCUT2D eigenvalue weighted by Crippen LogP contribution is -2.51. The van der Waals surface area contributed by atoms with Crippen molar-refractivity contribution in [3.8, 4) is 0 Å². The Kier molecular flexibility index (Phi) is 6.77. The van der Waals surface area contributed by atoms with Crippen LogP contribution in [0.25, 0.3) is 0 Å². The van der Waals surface area contributed by atoms with Crippen LogP contribution in [0.4, 0.5) is 0 Å². The first-order chi connectivity index (χ1) is 13.4. The molecule has 1 aliphatic heterocycles. The summed E-state index contributed by atoms with van der Waals surface area (Å²) in [5.74, 6) is 1.13. The van der Waals surface area contributed by atoms with Crippen LogP contribution in [0.5, 0.6) is 0 Å². The highest BCUT2D eigenvalue weighted by Gasteiger charge is 2.32. The summed E-state index contributed by atoms with van der Waals surface area (Å²) in [5.41, 5.74) is 0. The van der Waals surface area contributed by atoms with Gasteiger partial charge in [-0.25, -0.2) is 4.68 Å². The number of tetrazole rings is 1. The van der Waals surface area contributed by atoms with Gasteiger partial charge in [0, 0.05) is 32.2 Å². The zero-order valence-corrected chi connectivity index (χ0v) is 17.2. The molecule has 0 radical (unpaired) electrons. The molecule has 27 heavy (non-hydrogen) atoms. The molecule has 0 aromatic carbocycles. The second kappa shape index (κ2) is 9.46. The van der Waals surface area contributed by atoms with Gasteiger partial charge in [0.2, 0.25) is 0 Å². The summed E-state index contributed by atoms with van der Waals surface area (Å²) in [4.78, 5) is 5.44. The van der Waals surface area contributed by atoms with Crippen LogP contribution < -0.4 is 0 Å². The summed E-state index contributed by atoms with van der Waals surface area (Å²) in [5, 5.41) is 13.1. The van der Waals surface area contributed by atoms with E-state index in [0.29, 0.717) is 12.1 Å². The predicted molar refractivity (Wildman–Crippen MR) is 108 cm³/mol. The summed E-state index contributed by atoms with van der Waals surface area (Å²) in [7, 11) is 0. The topological polar surface area (TPSA) is 50.1 Å². The van der Waals surface area contributed by atoms with Gasteiger partial charge in [-0.1, -0.05) is 51.9 Å². The largest absolute Gasteiger partial charge is 0.298 e. The summed E-state index contributed by atoms with van der Waals surface area (Å²) in [6.45, 7) is 7.06. The SMILES string of the molecule is CCC[C@@H](c1nnnn1C1CCCCC1)N1CCN(C2CCCCC2)CC1. The van der Waals surface area contributed by atoms with Crippen molar-refractivity contribution in [1.82, 2.24) is 30.0 Å². The minimum atomic E-state index is 0.389. The number of hydrogen-bond acceptors (Lipinski definition) is 5. The van der Waals surface area contributed by atoms with Gasteiger partial charge in [0.1, 0.15) is 0 Å². The van der Waals surface area contributed by atoms with Crippen LogP contribution >= 0.6 is 0 Å². The Bertz CT molecular complexity index is 553. The van der Waals surface area contributed by atoms with E-state index in [1.54, 1.807) is 0 Å². The Labute approximate surface area is 164 Å². The Morgan fingerprint density at radius 2 is 1.48 bits per heavy atom. The van der Waals surface area contributed by atoms with Crippen molar-refractivity contribution in [3.63, 3.8) is 0 Å². The van der Waals surface area contributed by atoms with Gasteiger partial charge in [-0.05, 0) is 42.5 Å². The molecule has 0 bridgehead atoms.